The van der Waals surface area contributed by atoms with Crippen LogP contribution in [-0.2, 0) is 118 Å². The van der Waals surface area contributed by atoms with E-state index in [1.54, 1.807) is 21.3 Å². The molecule has 20 atom stereocenters. The SMILES string of the molecule is CC[C@@H]1[C@@H]2CN(C(=O)[C@H](C(C)(C)C)NC(=O)O[C@@H]3CCC[C@H]3CCCCCc3cc4ccc(OC)cc4nc3O2)[C@@H]1[C-]=O.COc1ccc2cc3c(nc2c1)O[C@H]1CN(C(=O)[C@H](C(C)(C)C)NC(=O)O[C@@H]2CC4CC4[C@H]2CCCCC3)[C@H]([C-]=O)[C@@H]1C.COc1ccc2cc3c(nc2c1)O[C@H]1CN(C(=O)[C@H](C(C)(C)C)NC(=O)O[C@@H]2CCC[C@H]2CCCCC3)[C@H]([C-]=O)[C@@H]1C.[V].[V].[V]. The van der Waals surface area contributed by atoms with Crippen molar-refractivity contribution in [1.29, 1.82) is 0 Å². The Morgan fingerprint density at radius 1 is 0.382 bits per heavy atom. The number of methoxy groups -OCH3 is 3. The van der Waals surface area contributed by atoms with E-state index in [2.05, 4.69) is 53.0 Å². The van der Waals surface area contributed by atoms with Crippen LogP contribution in [-0.4, -0.2) is 198 Å². The Hall–Kier alpha value is -8.33. The molecule has 3 aromatic carbocycles. The average molecular weight is 1920 g/mol. The molecular weight excluding hydrogens is 1780 g/mol. The molecule has 2 unspecified atom stereocenters. The molecule has 7 fully saturated rings. The second kappa shape index (κ2) is 44.9. The molecule has 3 aromatic heterocycles. The van der Waals surface area contributed by atoms with Crippen molar-refractivity contribution < 1.29 is 141 Å². The van der Waals surface area contributed by atoms with Crippen LogP contribution in [0.25, 0.3) is 32.7 Å². The molecule has 30 heteroatoms. The van der Waals surface area contributed by atoms with Gasteiger partial charge in [-0.05, 0) is 227 Å². The monoisotopic (exact) mass is 1910 g/mol. The molecule has 3 N–H and O–H groups in total. The summed E-state index contributed by atoms with van der Waals surface area (Å²) < 4.78 is 54.0. The van der Waals surface area contributed by atoms with Gasteiger partial charge in [-0.3, -0.25) is 14.4 Å². The van der Waals surface area contributed by atoms with Crippen LogP contribution in [0.5, 0.6) is 34.9 Å². The Bertz CT molecular complexity index is 5000. The predicted octanol–water partition coefficient (Wildman–Crippen LogP) is 16.4. The Morgan fingerprint density at radius 3 is 1.07 bits per heavy atom. The van der Waals surface area contributed by atoms with Crippen LogP contribution in [0.3, 0.4) is 0 Å². The van der Waals surface area contributed by atoms with Gasteiger partial charge in [0, 0.05) is 107 Å². The van der Waals surface area contributed by atoms with Crippen LogP contribution >= 0.6 is 0 Å². The van der Waals surface area contributed by atoms with Gasteiger partial charge in [-0.25, -0.2) is 48.2 Å². The number of alkyl carbamates (subject to hydrolysis) is 3. The van der Waals surface area contributed by atoms with Crippen molar-refractivity contribution in [2.24, 2.45) is 63.6 Å². The van der Waals surface area contributed by atoms with Crippen molar-refractivity contribution in [3.63, 3.8) is 0 Å². The molecule has 9 heterocycles. The predicted molar refractivity (Wildman–Crippen MR) is 485 cm³/mol. The van der Waals surface area contributed by atoms with E-state index in [1.165, 1.54) is 21.1 Å². The van der Waals surface area contributed by atoms with Crippen molar-refractivity contribution in [3.05, 3.63) is 89.5 Å². The Morgan fingerprint density at radius 2 is 0.718 bits per heavy atom. The van der Waals surface area contributed by atoms with Gasteiger partial charge in [-0.15, -0.1) is 0 Å². The zero-order chi connectivity index (χ0) is 91.2. The van der Waals surface area contributed by atoms with Gasteiger partial charge in [-0.2, -0.15) is 0 Å². The first-order valence-corrected chi connectivity index (χ1v) is 47.2. The zero-order valence-electron chi connectivity index (χ0n) is 78.9. The first-order chi connectivity index (χ1) is 61.3. The summed E-state index contributed by atoms with van der Waals surface area (Å²) in [6.07, 6.45) is 26.1. The zero-order valence-corrected chi connectivity index (χ0v) is 83.1. The smallest absolute Gasteiger partial charge is 0.408 e. The molecule has 16 rings (SSSR count). The summed E-state index contributed by atoms with van der Waals surface area (Å²) in [5.41, 5.74) is 3.49. The Balaban J connectivity index is 0.000000188. The number of benzene rings is 3. The Labute approximate surface area is 808 Å². The number of amides is 6. The standard InChI is InChI=1S/C34H44N3O6.C34H46N3O6.C33H44N3O6.3V/c1-19-27(18-38)37-17-29(19)42-31-21(13-20-11-12-23(41-5)16-26(20)35-31)9-7-6-8-10-24-25-14-22(25)15-28(24)43-33(40)36-30(32(37)39)34(2,3)4;1-6-25-27(20-38)37-19-29(25)42-31-23(17-22-15-16-24(41-5)18-26(22)35-31)12-9-7-8-11-21-13-10-14-28(21)43-33(40)36-30(32(37)39)34(2,3)4;1-20-26(19-37)36-18-28(20)41-30-23(16-22-14-15-24(40-5)17-25(22)34-30)11-8-6-7-10-21-12-9-13-27(21)42-32(39)35-29(31(36)38)33(2,3)4;;;/h11-13,16,19,22,24-25,27-30H,6-10,14-15,17H2,1-5H3,(H,36,40);15-18,21,25,27-30H,6-14,19H2,1-5H3,(H,36,40);14-17,20-21,26-29H,6-13,18H2,1-5H3,(H,35,39);;;/q3*-1;;;/t19-,22?,24+,25?,27+,28+,29-,30+;21-,25+,27-,28-,29+,30-;20-,21+,26+,27+,28-,29+;;;/m010.../s1. The maximum atomic E-state index is 14.1. The maximum absolute atomic E-state index is 14.1. The maximum Gasteiger partial charge on any atom is 0.408 e. The average Bonchev–Trinajstić information content (AvgIpc) is 1.60. The normalized spacial score (nSPS) is 29.8. The number of carbonyl (C=O) groups excluding carboxylic acids is 9. The first-order valence-electron chi connectivity index (χ1n) is 47.2. The number of pyridine rings is 3. The number of fused-ring (bicyclic) bond motifs is 17. The fourth-order valence-electron chi connectivity index (χ4n) is 21.4. The van der Waals surface area contributed by atoms with Gasteiger partial charge in [0.15, 0.2) is 0 Å². The minimum absolute atomic E-state index is 0. The van der Waals surface area contributed by atoms with Gasteiger partial charge in [0.1, 0.15) is 72.0 Å². The molecule has 10 aliphatic rings. The number of hydrogen-bond donors (Lipinski definition) is 3. The largest absolute Gasteiger partial charge is 0.540 e. The molecule has 131 heavy (non-hydrogen) atoms. The second-order valence-electron chi connectivity index (χ2n) is 40.9. The van der Waals surface area contributed by atoms with E-state index in [9.17, 15) is 43.2 Å². The van der Waals surface area contributed by atoms with Crippen LogP contribution < -0.4 is 44.4 Å². The molecule has 0 spiro atoms. The quantitative estimate of drug-likeness (QED) is 0.0987. The molecular formula is C101H134N9O18V3-3. The van der Waals surface area contributed by atoms with Gasteiger partial charge < -0.3 is 87.7 Å². The van der Waals surface area contributed by atoms with Crippen LogP contribution in [0, 0.1) is 63.6 Å². The van der Waals surface area contributed by atoms with Crippen LogP contribution in [0.4, 0.5) is 14.4 Å². The molecule has 6 bridgehead atoms. The van der Waals surface area contributed by atoms with Gasteiger partial charge in [0.05, 0.1) is 57.5 Å². The van der Waals surface area contributed by atoms with E-state index in [4.69, 9.17) is 57.6 Å². The van der Waals surface area contributed by atoms with E-state index < -0.39 is 89.1 Å². The minimum Gasteiger partial charge on any atom is -0.540 e. The number of ether oxygens (including phenoxy) is 9. The summed E-state index contributed by atoms with van der Waals surface area (Å²) in [4.78, 5) is 138. The summed E-state index contributed by atoms with van der Waals surface area (Å²) in [5, 5.41) is 11.7. The third kappa shape index (κ3) is 24.1. The molecule has 3 saturated heterocycles. The molecule has 4 saturated carbocycles. The molecule has 4 aliphatic carbocycles. The van der Waals surface area contributed by atoms with Crippen molar-refractivity contribution in [2.75, 3.05) is 41.0 Å². The van der Waals surface area contributed by atoms with Crippen molar-refractivity contribution in [1.82, 2.24) is 45.6 Å². The third-order valence-electron chi connectivity index (χ3n) is 29.0. The van der Waals surface area contributed by atoms with Gasteiger partial charge in [0.2, 0.25) is 35.4 Å². The number of rotatable bonds is 7. The molecule has 6 amide bonds. The van der Waals surface area contributed by atoms with Crippen molar-refractivity contribution in [2.45, 2.75) is 310 Å². The number of hydrogen-bond acceptors (Lipinski definition) is 21. The first kappa shape index (κ1) is 103. The molecule has 6 aliphatic heterocycles. The number of carbonyl (C=O) groups is 6. The summed E-state index contributed by atoms with van der Waals surface area (Å²) in [7, 11) is 4.89. The topological polar surface area (TPSA) is 321 Å². The summed E-state index contributed by atoms with van der Waals surface area (Å²) in [5.74, 6) is 4.09. The van der Waals surface area contributed by atoms with Gasteiger partial charge in [-0.1, -0.05) is 146 Å². The fourth-order valence-corrected chi connectivity index (χ4v) is 21.4. The van der Waals surface area contributed by atoms with E-state index >= 15 is 0 Å². The van der Waals surface area contributed by atoms with Crippen molar-refractivity contribution in [3.8, 4) is 34.9 Å². The summed E-state index contributed by atoms with van der Waals surface area (Å²) in [6.45, 7) is 23.5. The number of nitrogens with zero attached hydrogens (tertiary/aromatic N) is 6. The second-order valence-corrected chi connectivity index (χ2v) is 40.9. The van der Waals surface area contributed by atoms with Crippen molar-refractivity contribution >= 4 is 87.6 Å². The third-order valence-corrected chi connectivity index (χ3v) is 29.0. The van der Waals surface area contributed by atoms with E-state index in [-0.39, 0.29) is 129 Å². The Kier molecular flexibility index (Phi) is 35.4. The van der Waals surface area contributed by atoms with E-state index in [1.807, 2.05) is 138 Å². The van der Waals surface area contributed by atoms with Crippen LogP contribution in [0.15, 0.2) is 72.8 Å². The number of nitrogens with one attached hydrogen (secondary N) is 3. The molecule has 27 nitrogen and oxygen atoms in total. The number of aryl methyl sites for hydroxylation is 3. The van der Waals surface area contributed by atoms with Crippen LogP contribution in [0.2, 0.25) is 0 Å². The summed E-state index contributed by atoms with van der Waals surface area (Å²) in [6, 6.07) is 18.8. The molecule has 6 aromatic rings. The van der Waals surface area contributed by atoms with Crippen LogP contribution in [0.1, 0.15) is 235 Å². The molecule has 3 radical (unpaired) electrons. The van der Waals surface area contributed by atoms with Gasteiger partial charge in [0.25, 0.3) is 0 Å². The molecule has 709 valence electrons. The number of aromatic nitrogens is 3. The fraction of sp³-hybridized carbons (Fsp3) is 0.644. The minimum atomic E-state index is -0.882. The van der Waals surface area contributed by atoms with Gasteiger partial charge >= 0.3 is 18.3 Å². The van der Waals surface area contributed by atoms with E-state index in [0.29, 0.717) is 70.9 Å². The summed E-state index contributed by atoms with van der Waals surface area (Å²) >= 11 is 0. The van der Waals surface area contributed by atoms with E-state index in [0.717, 1.165) is 191 Å².